The number of hydrogen-bond donors (Lipinski definition) is 3. The number of rotatable bonds is 10. The molecule has 50 heavy (non-hydrogen) atoms. The Hall–Kier alpha value is -4.45. The summed E-state index contributed by atoms with van der Waals surface area (Å²) in [5.41, 5.74) is 4.93. The third-order valence-electron chi connectivity index (χ3n) is 9.12. The molecule has 2 aliphatic heterocycles. The highest BCUT2D eigenvalue weighted by Gasteiger charge is 2.29. The maximum atomic E-state index is 12.2. The van der Waals surface area contributed by atoms with Crippen LogP contribution < -0.4 is 25.0 Å². The van der Waals surface area contributed by atoms with Crippen molar-refractivity contribution in [1.82, 2.24) is 44.5 Å². The predicted molar refractivity (Wildman–Crippen MR) is 201 cm³/mol. The van der Waals surface area contributed by atoms with Gasteiger partial charge in [-0.15, -0.1) is 0 Å². The molecule has 3 N–H and O–H groups in total. The van der Waals surface area contributed by atoms with E-state index in [9.17, 15) is 4.21 Å². The second kappa shape index (κ2) is 14.8. The number of benzene rings is 1. The molecule has 0 aliphatic carbocycles. The van der Waals surface area contributed by atoms with Crippen LogP contribution in [0.5, 0.6) is 5.88 Å². The molecule has 5 aromatic rings. The van der Waals surface area contributed by atoms with Crippen LogP contribution in [0.2, 0.25) is 0 Å². The van der Waals surface area contributed by atoms with E-state index >= 15 is 0 Å². The SMILES string of the molecule is COc1nc(N2CCC(N3CCN(C)CC3)CC2)c(-c2cnn(C)c2)cc1Nc1ncc(Br)c(Nc2ccc3nccnc3c2NS(C)=O)n1. The molecule has 0 spiro atoms. The first-order chi connectivity index (χ1) is 24.2. The van der Waals surface area contributed by atoms with Crippen molar-refractivity contribution in [3.63, 3.8) is 0 Å². The fourth-order valence-corrected chi connectivity index (χ4v) is 7.31. The number of pyridine rings is 1. The Kier molecular flexibility index (Phi) is 10.1. The van der Waals surface area contributed by atoms with E-state index in [1.807, 2.05) is 37.6 Å². The first kappa shape index (κ1) is 34.0. The highest BCUT2D eigenvalue weighted by atomic mass is 79.9. The van der Waals surface area contributed by atoms with E-state index in [4.69, 9.17) is 14.7 Å². The zero-order valence-corrected chi connectivity index (χ0v) is 30.8. The van der Waals surface area contributed by atoms with Gasteiger partial charge >= 0.3 is 0 Å². The lowest BCUT2D eigenvalue weighted by atomic mass is 10.0. The van der Waals surface area contributed by atoms with E-state index in [-0.39, 0.29) is 0 Å². The lowest BCUT2D eigenvalue weighted by Gasteiger charge is -2.42. The molecule has 0 saturated carbocycles. The number of nitrogens with one attached hydrogen (secondary N) is 3. The molecule has 1 atom stereocenters. The molecule has 0 bridgehead atoms. The second-order valence-corrected chi connectivity index (χ2v) is 14.5. The average Bonchev–Trinajstić information content (AvgIpc) is 3.56. The van der Waals surface area contributed by atoms with Gasteiger partial charge < -0.3 is 29.9 Å². The van der Waals surface area contributed by atoms with Gasteiger partial charge in [-0.3, -0.25) is 19.5 Å². The first-order valence-electron chi connectivity index (χ1n) is 16.4. The van der Waals surface area contributed by atoms with Crippen molar-refractivity contribution in [2.24, 2.45) is 7.05 Å². The van der Waals surface area contributed by atoms with Gasteiger partial charge in [-0.25, -0.2) is 9.19 Å². The summed E-state index contributed by atoms with van der Waals surface area (Å²) in [6, 6.07) is 6.30. The number of aryl methyl sites for hydroxylation is 1. The van der Waals surface area contributed by atoms with Gasteiger partial charge in [0.25, 0.3) is 0 Å². The van der Waals surface area contributed by atoms with E-state index in [1.54, 1.807) is 36.6 Å². The van der Waals surface area contributed by atoms with Gasteiger partial charge in [0.1, 0.15) is 33.8 Å². The summed E-state index contributed by atoms with van der Waals surface area (Å²) in [5, 5.41) is 11.1. The van der Waals surface area contributed by atoms with Crippen molar-refractivity contribution in [2.45, 2.75) is 18.9 Å². The topological polar surface area (TPSA) is 154 Å². The Balaban J connectivity index is 1.17. The number of fused-ring (bicyclic) bond motifs is 1. The third-order valence-corrected chi connectivity index (χ3v) is 10.2. The molecule has 15 nitrogen and oxygen atoms in total. The minimum Gasteiger partial charge on any atom is -0.479 e. The summed E-state index contributed by atoms with van der Waals surface area (Å²) in [7, 11) is 4.37. The molecule has 2 fully saturated rings. The van der Waals surface area contributed by atoms with Crippen LogP contribution in [0.15, 0.2) is 53.7 Å². The molecule has 1 unspecified atom stereocenters. The molecular formula is C33H40BrN13O2S. The number of halogens is 1. The normalized spacial score (nSPS) is 16.8. The van der Waals surface area contributed by atoms with Crippen molar-refractivity contribution in [2.75, 3.05) is 79.9 Å². The van der Waals surface area contributed by atoms with Gasteiger partial charge in [0, 0.05) is 94.5 Å². The minimum absolute atomic E-state index is 0.322. The molecular weight excluding hydrogens is 722 g/mol. The Labute approximate surface area is 301 Å². The van der Waals surface area contributed by atoms with Gasteiger partial charge in [0.05, 0.1) is 34.7 Å². The van der Waals surface area contributed by atoms with Crippen LogP contribution in [-0.4, -0.2) is 114 Å². The Morgan fingerprint density at radius 1 is 0.940 bits per heavy atom. The second-order valence-electron chi connectivity index (χ2n) is 12.5. The quantitative estimate of drug-likeness (QED) is 0.185. The number of anilines is 6. The van der Waals surface area contributed by atoms with Crippen LogP contribution in [0.4, 0.5) is 34.6 Å². The van der Waals surface area contributed by atoms with E-state index in [2.05, 4.69) is 73.1 Å². The summed E-state index contributed by atoms with van der Waals surface area (Å²) in [4.78, 5) is 30.6. The number of nitrogens with zero attached hydrogens (tertiary/aromatic N) is 10. The van der Waals surface area contributed by atoms with Gasteiger partial charge in [-0.2, -0.15) is 15.1 Å². The highest BCUT2D eigenvalue weighted by Crippen LogP contribution is 2.39. The molecule has 7 rings (SSSR count). The summed E-state index contributed by atoms with van der Waals surface area (Å²) in [6.07, 6.45) is 12.4. The number of likely N-dealkylation sites (N-methyl/N-ethyl adjacent to an activating group) is 1. The third kappa shape index (κ3) is 7.35. The zero-order valence-electron chi connectivity index (χ0n) is 28.4. The molecule has 4 aromatic heterocycles. The number of hydrogen-bond acceptors (Lipinski definition) is 13. The molecule has 262 valence electrons. The van der Waals surface area contributed by atoms with Crippen molar-refractivity contribution in [3.05, 3.63) is 53.7 Å². The van der Waals surface area contributed by atoms with E-state index in [0.717, 1.165) is 69.1 Å². The lowest BCUT2D eigenvalue weighted by molar-refractivity contribution is 0.0981. The van der Waals surface area contributed by atoms with Gasteiger partial charge in [0.15, 0.2) is 0 Å². The molecule has 0 radical (unpaired) electrons. The van der Waals surface area contributed by atoms with Crippen LogP contribution in [0.25, 0.3) is 22.2 Å². The number of piperazine rings is 1. The van der Waals surface area contributed by atoms with Crippen molar-refractivity contribution in [3.8, 4) is 17.0 Å². The van der Waals surface area contributed by atoms with Crippen LogP contribution in [0.3, 0.4) is 0 Å². The smallest absolute Gasteiger partial charge is 0.239 e. The Morgan fingerprint density at radius 2 is 1.72 bits per heavy atom. The maximum Gasteiger partial charge on any atom is 0.239 e. The van der Waals surface area contributed by atoms with E-state index in [1.165, 1.54) is 0 Å². The highest BCUT2D eigenvalue weighted by molar-refractivity contribution is 9.10. The fraction of sp³-hybridized carbons (Fsp3) is 0.394. The maximum absolute atomic E-state index is 12.2. The summed E-state index contributed by atoms with van der Waals surface area (Å²) in [5.74, 6) is 2.10. The summed E-state index contributed by atoms with van der Waals surface area (Å²) in [6.45, 7) is 6.30. The number of methoxy groups -OCH3 is 1. The van der Waals surface area contributed by atoms with Gasteiger partial charge in [-0.1, -0.05) is 0 Å². The van der Waals surface area contributed by atoms with E-state index < -0.39 is 11.0 Å². The largest absolute Gasteiger partial charge is 0.479 e. The predicted octanol–water partition coefficient (Wildman–Crippen LogP) is 4.40. The minimum atomic E-state index is -1.35. The first-order valence-corrected chi connectivity index (χ1v) is 18.8. The fourth-order valence-electron chi connectivity index (χ4n) is 6.53. The Bertz CT molecular complexity index is 2010. The zero-order chi connectivity index (χ0) is 34.8. The van der Waals surface area contributed by atoms with Crippen LogP contribution in [0, 0.1) is 0 Å². The lowest BCUT2D eigenvalue weighted by Crippen LogP contribution is -2.52. The number of aromatic nitrogens is 7. The van der Waals surface area contributed by atoms with Crippen LogP contribution >= 0.6 is 15.9 Å². The molecule has 17 heteroatoms. The standard InChI is InChI=1S/C33H40BrN13O2S/c1-44-13-15-46(16-14-44)22-7-11-47(12-8-22)31-23(21-18-38-45(2)20-21)17-27(32(42-31)49-3)40-33-37-19-24(34)30(41-33)39-26-6-5-25-28(36-10-9-35-25)29(26)43-50(4)48/h5-6,9-10,17-20,22,43H,7-8,11-16H2,1-4H3,(H2,37,39,40,41). The number of ether oxygens (including phenoxy) is 1. The van der Waals surface area contributed by atoms with E-state index in [0.29, 0.717) is 56.3 Å². The number of piperidine rings is 1. The van der Waals surface area contributed by atoms with Crippen LogP contribution in [-0.2, 0) is 18.0 Å². The molecule has 0 amide bonds. The monoisotopic (exact) mass is 761 g/mol. The molecule has 2 saturated heterocycles. The molecule has 1 aromatic carbocycles. The summed E-state index contributed by atoms with van der Waals surface area (Å²) < 4.78 is 23.5. The van der Waals surface area contributed by atoms with Crippen molar-refractivity contribution < 1.29 is 8.95 Å². The van der Waals surface area contributed by atoms with Crippen molar-refractivity contribution >= 4 is 72.6 Å². The van der Waals surface area contributed by atoms with Gasteiger partial charge in [0.2, 0.25) is 11.8 Å². The summed E-state index contributed by atoms with van der Waals surface area (Å²) >= 11 is 3.58. The molecule has 2 aliphatic rings. The van der Waals surface area contributed by atoms with Gasteiger partial charge in [-0.05, 0) is 54.0 Å². The van der Waals surface area contributed by atoms with Crippen molar-refractivity contribution in [1.29, 1.82) is 0 Å². The average molecular weight is 763 g/mol. The van der Waals surface area contributed by atoms with Crippen LogP contribution in [0.1, 0.15) is 12.8 Å². The Morgan fingerprint density at radius 3 is 2.44 bits per heavy atom. The molecule has 6 heterocycles.